The quantitative estimate of drug-likeness (QED) is 0.106. The second-order valence-corrected chi connectivity index (χ2v) is 14.3. The van der Waals surface area contributed by atoms with Gasteiger partial charge in [0.15, 0.2) is 23.9 Å². The largest absolute Gasteiger partial charge is 0.481 e. The summed E-state index contributed by atoms with van der Waals surface area (Å²) in [7, 11) is -16.1. The fourth-order valence-corrected chi connectivity index (χ4v) is 7.43. The van der Waals surface area contributed by atoms with Crippen molar-refractivity contribution in [2.24, 2.45) is 5.73 Å². The Kier molecular flexibility index (Phi) is 10.1. The topological polar surface area (TPSA) is 347 Å². The van der Waals surface area contributed by atoms with Gasteiger partial charge >= 0.3 is 23.5 Å². The van der Waals surface area contributed by atoms with E-state index in [1.54, 1.807) is 6.08 Å². The highest BCUT2D eigenvalue weighted by atomic mass is 31.3. The van der Waals surface area contributed by atoms with Crippen LogP contribution in [0.5, 0.6) is 0 Å². The molecule has 3 aliphatic rings. The van der Waals surface area contributed by atoms with E-state index in [0.717, 1.165) is 17.2 Å². The number of phosphoric acid groups is 3. The number of nitrogen functional groups attached to an aromatic ring is 1. The van der Waals surface area contributed by atoms with Crippen molar-refractivity contribution in [3.05, 3.63) is 36.8 Å². The minimum atomic E-state index is -5.48. The van der Waals surface area contributed by atoms with Crippen molar-refractivity contribution in [1.82, 2.24) is 24.4 Å². The van der Waals surface area contributed by atoms with E-state index in [-0.39, 0.29) is 17.0 Å². The maximum absolute atomic E-state index is 12.5. The van der Waals surface area contributed by atoms with E-state index < -0.39 is 85.8 Å². The Labute approximate surface area is 258 Å². The molecule has 2 saturated heterocycles. The van der Waals surface area contributed by atoms with Crippen LogP contribution in [-0.4, -0.2) is 115 Å². The van der Waals surface area contributed by atoms with Gasteiger partial charge < -0.3 is 60.7 Å². The van der Waals surface area contributed by atoms with Gasteiger partial charge in [-0.25, -0.2) is 28.6 Å². The van der Waals surface area contributed by atoms with Crippen LogP contribution < -0.4 is 11.5 Å². The number of hydrogen-bond acceptors (Lipinski definition) is 18. The molecule has 2 unspecified atom stereocenters. The molecular formula is C20H30N7O16P3. The average molecular weight is 717 g/mol. The number of aromatic nitrogens is 4. The first-order valence-corrected chi connectivity index (χ1v) is 17.5. The lowest BCUT2D eigenvalue weighted by molar-refractivity contribution is -0.0652. The molecule has 5 heterocycles. The van der Waals surface area contributed by atoms with Crippen LogP contribution in [0.15, 0.2) is 36.8 Å². The predicted octanol–water partition coefficient (Wildman–Crippen LogP) is -2.14. The van der Waals surface area contributed by atoms with Crippen LogP contribution in [0.1, 0.15) is 12.6 Å². The zero-order chi connectivity index (χ0) is 33.6. The first-order chi connectivity index (χ1) is 21.4. The second kappa shape index (κ2) is 13.2. The molecule has 2 fully saturated rings. The van der Waals surface area contributed by atoms with Gasteiger partial charge in [0.1, 0.15) is 48.5 Å². The summed E-state index contributed by atoms with van der Waals surface area (Å²) in [5.74, 6) is -0.0462. The Balaban J connectivity index is 1.20. The summed E-state index contributed by atoms with van der Waals surface area (Å²) >= 11 is 0. The zero-order valence-electron chi connectivity index (χ0n) is 23.2. The Morgan fingerprint density at radius 1 is 0.891 bits per heavy atom. The number of phosphoric ester groups is 3. The number of rotatable bonds is 12. The van der Waals surface area contributed by atoms with E-state index >= 15 is 0 Å². The summed E-state index contributed by atoms with van der Waals surface area (Å²) in [6, 6.07) is 0. The summed E-state index contributed by atoms with van der Waals surface area (Å²) in [6.07, 6.45) is -5.31. The molecule has 0 saturated carbocycles. The van der Waals surface area contributed by atoms with E-state index in [4.69, 9.17) is 34.5 Å². The van der Waals surface area contributed by atoms with Crippen LogP contribution in [0.3, 0.4) is 0 Å². The molecule has 3 aliphatic heterocycles. The minimum Gasteiger partial charge on any atom is -0.401 e. The molecule has 5 rings (SSSR count). The molecule has 0 aromatic carbocycles. The number of aliphatic hydroxyl groups excluding tert-OH is 3. The molecule has 0 radical (unpaired) electrons. The van der Waals surface area contributed by atoms with E-state index in [1.165, 1.54) is 17.3 Å². The van der Waals surface area contributed by atoms with E-state index in [2.05, 4.69) is 19.3 Å². The number of nitrogens with zero attached hydrogens (tertiary/aromatic N) is 5. The van der Waals surface area contributed by atoms with Crippen molar-refractivity contribution < 1.29 is 75.9 Å². The van der Waals surface area contributed by atoms with Crippen molar-refractivity contribution in [3.63, 3.8) is 0 Å². The summed E-state index contributed by atoms with van der Waals surface area (Å²) in [4.78, 5) is 52.0. The lowest BCUT2D eigenvalue weighted by atomic mass is 10.1. The number of hydrogen-bond donors (Lipinski definition) is 9. The molecule has 46 heavy (non-hydrogen) atoms. The third-order valence-corrected chi connectivity index (χ3v) is 9.94. The van der Waals surface area contributed by atoms with Gasteiger partial charge in [-0.2, -0.15) is 4.31 Å². The standard InChI is InChI=1S/C20H30N7O16P3/c21-9-2-1-3-26(4-9)19-15(30)13(28)10(40-19)5-38-45(34,35)43-46(36,37)39-6-11-14(29)16(42-44(31,32)33)20(41-11)27-8-25-12-17(22)23-7-24-18(12)27/h1,3-4,7-8,10-11,13-16,19-20,28-30H,2,5-6,21H2,(H,34,35)(H,36,37)(H2,22,23,24)(H2,31,32,33)/t10-,11-,13-,14-,15-,16-,19-,20-/m1/s1. The van der Waals surface area contributed by atoms with Gasteiger partial charge in [0.25, 0.3) is 0 Å². The first kappa shape index (κ1) is 34.9. The van der Waals surface area contributed by atoms with Crippen molar-refractivity contribution in [2.75, 3.05) is 18.9 Å². The molecule has 0 bridgehead atoms. The predicted molar refractivity (Wildman–Crippen MR) is 148 cm³/mol. The summed E-state index contributed by atoms with van der Waals surface area (Å²) < 4.78 is 67.2. The van der Waals surface area contributed by atoms with Crippen LogP contribution in [-0.2, 0) is 41.1 Å². The van der Waals surface area contributed by atoms with Gasteiger partial charge in [0.2, 0.25) is 0 Å². The smallest absolute Gasteiger partial charge is 0.401 e. The molecule has 26 heteroatoms. The minimum absolute atomic E-state index is 0.0169. The van der Waals surface area contributed by atoms with Gasteiger partial charge in [0, 0.05) is 24.5 Å². The van der Waals surface area contributed by atoms with E-state index in [0.29, 0.717) is 12.1 Å². The Bertz CT molecular complexity index is 1640. The molecule has 2 aromatic heterocycles. The summed E-state index contributed by atoms with van der Waals surface area (Å²) in [6.45, 7) is -1.94. The molecular weight excluding hydrogens is 687 g/mol. The van der Waals surface area contributed by atoms with Gasteiger partial charge in [-0.15, -0.1) is 0 Å². The maximum Gasteiger partial charge on any atom is 0.481 e. The van der Waals surface area contributed by atoms with Gasteiger partial charge in [-0.05, 0) is 0 Å². The van der Waals surface area contributed by atoms with Crippen LogP contribution in [0, 0.1) is 0 Å². The highest BCUT2D eigenvalue weighted by Crippen LogP contribution is 2.61. The van der Waals surface area contributed by atoms with Crippen LogP contribution in [0.4, 0.5) is 5.82 Å². The fourth-order valence-electron chi connectivity index (χ4n) is 4.79. The second-order valence-electron chi connectivity index (χ2n) is 10.1. The van der Waals surface area contributed by atoms with Crippen LogP contribution in [0.25, 0.3) is 11.2 Å². The monoisotopic (exact) mass is 717 g/mol. The van der Waals surface area contributed by atoms with Crippen LogP contribution in [0.2, 0.25) is 0 Å². The SMILES string of the molecule is NC1=CN([C@@H]2O[C@H](COP(=O)(O)OP(=O)(O)OC[C@H]3O[C@@H](n4cnc5c(N)ncnc54)[C@H](OP(=O)(O)O)[C@@H]3O)[C@@H](O)[C@H]2O)C=CC1. The first-order valence-electron chi connectivity index (χ1n) is 13.0. The highest BCUT2D eigenvalue weighted by molar-refractivity contribution is 7.61. The number of ether oxygens (including phenoxy) is 2. The van der Waals surface area contributed by atoms with Gasteiger partial charge in [0.05, 0.1) is 19.5 Å². The third kappa shape index (κ3) is 7.83. The van der Waals surface area contributed by atoms with Crippen molar-refractivity contribution >= 4 is 40.4 Å². The number of nitrogens with two attached hydrogens (primary N) is 2. The number of aliphatic hydroxyl groups is 3. The molecule has 23 nitrogen and oxygen atoms in total. The number of fused-ring (bicyclic) bond motifs is 1. The third-order valence-electron chi connectivity index (χ3n) is 6.82. The summed E-state index contributed by atoms with van der Waals surface area (Å²) in [5, 5.41) is 31.4. The van der Waals surface area contributed by atoms with Crippen molar-refractivity contribution in [2.45, 2.75) is 55.5 Å². The number of anilines is 1. The maximum atomic E-state index is 12.5. The van der Waals surface area contributed by atoms with Crippen molar-refractivity contribution in [3.8, 4) is 0 Å². The lowest BCUT2D eigenvalue weighted by Gasteiger charge is -2.28. The molecule has 10 atom stereocenters. The average Bonchev–Trinajstić information content (AvgIpc) is 3.60. The Morgan fingerprint density at radius 3 is 2.15 bits per heavy atom. The normalized spacial score (nSPS) is 32.8. The molecule has 2 aromatic rings. The van der Waals surface area contributed by atoms with Gasteiger partial charge in [-0.1, -0.05) is 6.08 Å². The van der Waals surface area contributed by atoms with E-state index in [1.807, 2.05) is 0 Å². The molecule has 0 aliphatic carbocycles. The Morgan fingerprint density at radius 2 is 1.52 bits per heavy atom. The number of allylic oxidation sites excluding steroid dienone is 1. The molecule has 256 valence electrons. The highest BCUT2D eigenvalue weighted by Gasteiger charge is 2.51. The molecule has 0 amide bonds. The number of imidazole rings is 1. The zero-order valence-corrected chi connectivity index (χ0v) is 25.8. The Hall–Kier alpha value is -2.40. The fraction of sp³-hybridized carbons (Fsp3) is 0.550. The van der Waals surface area contributed by atoms with Crippen molar-refractivity contribution in [1.29, 1.82) is 0 Å². The molecule has 0 spiro atoms. The van der Waals surface area contributed by atoms with E-state index in [9.17, 15) is 48.6 Å². The van der Waals surface area contributed by atoms with Crippen LogP contribution >= 0.6 is 23.5 Å². The van der Waals surface area contributed by atoms with Gasteiger partial charge in [-0.3, -0.25) is 18.1 Å². The lowest BCUT2D eigenvalue weighted by Crippen LogP contribution is -2.40. The molecule has 11 N–H and O–H groups in total. The summed E-state index contributed by atoms with van der Waals surface area (Å²) in [5.41, 5.74) is 12.0.